The predicted octanol–water partition coefficient (Wildman–Crippen LogP) is 2.40. The number of aromatic nitrogens is 2. The molecule has 0 aliphatic rings. The predicted molar refractivity (Wildman–Crippen MR) is 133 cm³/mol. The normalized spacial score (nSPS) is 12.7. The Morgan fingerprint density at radius 2 is 1.83 bits per heavy atom. The summed E-state index contributed by atoms with van der Waals surface area (Å²) in [6.45, 7) is 5.35. The summed E-state index contributed by atoms with van der Waals surface area (Å²) in [7, 11) is -3.27. The zero-order valence-electron chi connectivity index (χ0n) is 20.5. The second kappa shape index (κ2) is 10.5. The van der Waals surface area contributed by atoms with E-state index in [1.54, 1.807) is 51.1 Å². The van der Waals surface area contributed by atoms with Gasteiger partial charge in [0, 0.05) is 18.2 Å². The van der Waals surface area contributed by atoms with E-state index in [1.807, 2.05) is 6.07 Å². The molecule has 1 aromatic heterocycles. The van der Waals surface area contributed by atoms with Gasteiger partial charge in [0.05, 0.1) is 23.9 Å². The van der Waals surface area contributed by atoms with Crippen molar-refractivity contribution in [3.05, 3.63) is 65.1 Å². The number of nitrogens with zero attached hydrogens (tertiary/aromatic N) is 3. The molecule has 0 bridgehead atoms. The summed E-state index contributed by atoms with van der Waals surface area (Å²) < 4.78 is 39.0. The number of halogens is 1. The number of fused-ring (bicyclic) bond motifs is 1. The number of hydrogen-bond donors (Lipinski definition) is 2. The Morgan fingerprint density at radius 3 is 2.42 bits per heavy atom. The molecule has 0 saturated heterocycles. The average Bonchev–Trinajstić information content (AvgIpc) is 3.15. The van der Waals surface area contributed by atoms with E-state index in [0.717, 1.165) is 11.8 Å². The number of sulfone groups is 1. The Balaban J connectivity index is 1.91. The molecule has 0 saturated carbocycles. The number of nitriles is 1. The fourth-order valence-corrected chi connectivity index (χ4v) is 4.14. The maximum absolute atomic E-state index is 14.8. The molecule has 11 heteroatoms. The molecule has 3 rings (SSSR count). The summed E-state index contributed by atoms with van der Waals surface area (Å²) in [6, 6.07) is 12.1. The van der Waals surface area contributed by atoms with Crippen molar-refractivity contribution in [2.75, 3.05) is 18.6 Å². The highest BCUT2D eigenvalue weighted by Crippen LogP contribution is 2.25. The van der Waals surface area contributed by atoms with Crippen molar-refractivity contribution in [3.8, 4) is 6.07 Å². The zero-order valence-corrected chi connectivity index (χ0v) is 21.3. The van der Waals surface area contributed by atoms with Crippen LogP contribution in [0.5, 0.6) is 0 Å². The SMILES string of the molecule is CC(C)(C)[C@H](NC(=O)c1nn(Cc2ccc(C#N)cc2)c2c(F)cccc12)C(=O)NCCS(C)(=O)=O. The number of hydrogen-bond acceptors (Lipinski definition) is 6. The van der Waals surface area contributed by atoms with E-state index in [-0.39, 0.29) is 35.4 Å². The van der Waals surface area contributed by atoms with E-state index < -0.39 is 38.9 Å². The van der Waals surface area contributed by atoms with Crippen LogP contribution in [0.4, 0.5) is 4.39 Å². The lowest BCUT2D eigenvalue weighted by Gasteiger charge is -2.30. The van der Waals surface area contributed by atoms with Gasteiger partial charge in [0.2, 0.25) is 5.91 Å². The molecule has 2 N–H and O–H groups in total. The number of benzene rings is 2. The maximum atomic E-state index is 14.8. The first-order chi connectivity index (χ1) is 16.8. The van der Waals surface area contributed by atoms with Crippen molar-refractivity contribution in [3.63, 3.8) is 0 Å². The van der Waals surface area contributed by atoms with Gasteiger partial charge in [-0.2, -0.15) is 10.4 Å². The van der Waals surface area contributed by atoms with Crippen LogP contribution in [0.1, 0.15) is 42.4 Å². The topological polar surface area (TPSA) is 134 Å². The fraction of sp³-hybridized carbons (Fsp3) is 0.360. The molecule has 9 nitrogen and oxygen atoms in total. The van der Waals surface area contributed by atoms with Gasteiger partial charge in [-0.1, -0.05) is 45.0 Å². The van der Waals surface area contributed by atoms with Crippen LogP contribution in [-0.2, 0) is 21.2 Å². The Kier molecular flexibility index (Phi) is 7.79. The van der Waals surface area contributed by atoms with Gasteiger partial charge in [-0.05, 0) is 29.2 Å². The largest absolute Gasteiger partial charge is 0.353 e. The first-order valence-corrected chi connectivity index (χ1v) is 13.3. The van der Waals surface area contributed by atoms with Crippen molar-refractivity contribution < 1.29 is 22.4 Å². The Morgan fingerprint density at radius 1 is 1.17 bits per heavy atom. The average molecular weight is 514 g/mol. The van der Waals surface area contributed by atoms with Crippen LogP contribution in [0, 0.1) is 22.6 Å². The van der Waals surface area contributed by atoms with Gasteiger partial charge in [-0.25, -0.2) is 12.8 Å². The third-order valence-corrected chi connectivity index (χ3v) is 6.47. The fourth-order valence-electron chi connectivity index (χ4n) is 3.67. The number of rotatable bonds is 8. The maximum Gasteiger partial charge on any atom is 0.273 e. The first kappa shape index (κ1) is 26.8. The minimum Gasteiger partial charge on any atom is -0.353 e. The lowest BCUT2D eigenvalue weighted by molar-refractivity contribution is -0.125. The van der Waals surface area contributed by atoms with Gasteiger partial charge in [-0.15, -0.1) is 0 Å². The van der Waals surface area contributed by atoms with Crippen LogP contribution in [-0.4, -0.2) is 54.6 Å². The number of carbonyl (C=O) groups is 2. The highest BCUT2D eigenvalue weighted by molar-refractivity contribution is 7.90. The lowest BCUT2D eigenvalue weighted by Crippen LogP contribution is -2.54. The molecule has 1 heterocycles. The Labute approximate surface area is 209 Å². The van der Waals surface area contributed by atoms with Gasteiger partial charge in [0.15, 0.2) is 5.69 Å². The standard InChI is InChI=1S/C25H28FN5O4S/c1-25(2,3)22(24(33)28-12-13-36(4,34)35)29-23(32)20-18-6-5-7-19(26)21(18)31(30-20)15-17-10-8-16(14-27)9-11-17/h5-11,22H,12-13,15H2,1-4H3,(H,28,33)(H,29,32)/t22-/m1/s1. The van der Waals surface area contributed by atoms with E-state index in [0.29, 0.717) is 5.56 Å². The van der Waals surface area contributed by atoms with Crippen molar-refractivity contribution in [1.82, 2.24) is 20.4 Å². The molecule has 2 amide bonds. The number of para-hydroxylation sites is 1. The minimum atomic E-state index is -3.27. The molecule has 2 aromatic carbocycles. The van der Waals surface area contributed by atoms with Crippen LogP contribution in [0.15, 0.2) is 42.5 Å². The van der Waals surface area contributed by atoms with Gasteiger partial charge < -0.3 is 10.6 Å². The number of carbonyl (C=O) groups excluding carboxylic acids is 2. The van der Waals surface area contributed by atoms with Crippen LogP contribution < -0.4 is 10.6 Å². The van der Waals surface area contributed by atoms with Gasteiger partial charge in [0.25, 0.3) is 5.91 Å². The van der Waals surface area contributed by atoms with E-state index >= 15 is 0 Å². The van der Waals surface area contributed by atoms with Crippen LogP contribution in [0.25, 0.3) is 10.9 Å². The van der Waals surface area contributed by atoms with E-state index in [1.165, 1.54) is 16.8 Å². The van der Waals surface area contributed by atoms with Crippen molar-refractivity contribution in [1.29, 1.82) is 5.26 Å². The second-order valence-corrected chi connectivity index (χ2v) is 11.9. The summed E-state index contributed by atoms with van der Waals surface area (Å²) in [4.78, 5) is 26.1. The molecular weight excluding hydrogens is 485 g/mol. The molecule has 3 aromatic rings. The lowest BCUT2D eigenvalue weighted by atomic mass is 9.86. The third-order valence-electron chi connectivity index (χ3n) is 5.53. The molecular formula is C25H28FN5O4S. The summed E-state index contributed by atoms with van der Waals surface area (Å²) in [5, 5.41) is 18.9. The quantitative estimate of drug-likeness (QED) is 0.475. The van der Waals surface area contributed by atoms with Crippen molar-refractivity contribution >= 4 is 32.6 Å². The van der Waals surface area contributed by atoms with Crippen LogP contribution in [0.2, 0.25) is 0 Å². The summed E-state index contributed by atoms with van der Waals surface area (Å²) in [5.74, 6) is -1.99. The monoisotopic (exact) mass is 513 g/mol. The number of nitrogens with one attached hydrogen (secondary N) is 2. The Bertz CT molecular complexity index is 1430. The van der Waals surface area contributed by atoms with Gasteiger partial charge in [-0.3, -0.25) is 14.3 Å². The van der Waals surface area contributed by atoms with Crippen molar-refractivity contribution in [2.24, 2.45) is 5.41 Å². The molecule has 0 unspecified atom stereocenters. The second-order valence-electron chi connectivity index (χ2n) is 9.64. The molecule has 0 aliphatic heterocycles. The highest BCUT2D eigenvalue weighted by Gasteiger charge is 2.34. The molecule has 190 valence electrons. The zero-order chi connectivity index (χ0) is 26.7. The molecule has 0 spiro atoms. The van der Waals surface area contributed by atoms with Crippen molar-refractivity contribution in [2.45, 2.75) is 33.4 Å². The summed E-state index contributed by atoms with van der Waals surface area (Å²) in [5.41, 5.74) is 0.620. The van der Waals surface area contributed by atoms with Gasteiger partial charge >= 0.3 is 0 Å². The summed E-state index contributed by atoms with van der Waals surface area (Å²) in [6.07, 6.45) is 1.07. The van der Waals surface area contributed by atoms with E-state index in [2.05, 4.69) is 15.7 Å². The molecule has 0 aliphatic carbocycles. The molecule has 36 heavy (non-hydrogen) atoms. The van der Waals surface area contributed by atoms with Gasteiger partial charge in [0.1, 0.15) is 27.2 Å². The minimum absolute atomic E-state index is 0.0451. The smallest absolute Gasteiger partial charge is 0.273 e. The van der Waals surface area contributed by atoms with Crippen LogP contribution >= 0.6 is 0 Å². The van der Waals surface area contributed by atoms with E-state index in [4.69, 9.17) is 5.26 Å². The molecule has 0 fully saturated rings. The Hall–Kier alpha value is -3.78. The highest BCUT2D eigenvalue weighted by atomic mass is 32.2. The van der Waals surface area contributed by atoms with Crippen LogP contribution in [0.3, 0.4) is 0 Å². The third kappa shape index (κ3) is 6.46. The molecule has 0 radical (unpaired) electrons. The molecule has 1 atom stereocenters. The number of amides is 2. The summed E-state index contributed by atoms with van der Waals surface area (Å²) >= 11 is 0. The first-order valence-electron chi connectivity index (χ1n) is 11.2. The van der Waals surface area contributed by atoms with E-state index in [9.17, 15) is 22.4 Å².